The van der Waals surface area contributed by atoms with Gasteiger partial charge in [0.2, 0.25) is 0 Å². The SMILES string of the molecule is O=C(CCCN1CCC(O)(c2cccc([N+](=O)[O-])c2)CC1)c1ccccc1. The number of carbonyl (C=O) groups excluding carboxylic acids is 1. The van der Waals surface area contributed by atoms with Crippen molar-refractivity contribution in [2.45, 2.75) is 31.3 Å². The molecule has 0 saturated carbocycles. The molecule has 2 aromatic carbocycles. The zero-order valence-corrected chi connectivity index (χ0v) is 15.2. The molecular formula is C21H24N2O4. The molecule has 6 nitrogen and oxygen atoms in total. The molecule has 2 aromatic rings. The van der Waals surface area contributed by atoms with Crippen LogP contribution in [0.5, 0.6) is 0 Å². The summed E-state index contributed by atoms with van der Waals surface area (Å²) >= 11 is 0. The fourth-order valence-corrected chi connectivity index (χ4v) is 3.58. The number of Topliss-reactive ketones (excluding diaryl/α,β-unsaturated/α-hetero) is 1. The predicted octanol–water partition coefficient (Wildman–Crippen LogP) is 3.54. The Balaban J connectivity index is 1.49. The number of nitrogens with zero attached hydrogens (tertiary/aromatic N) is 2. The summed E-state index contributed by atoms with van der Waals surface area (Å²) < 4.78 is 0. The molecule has 0 atom stereocenters. The Morgan fingerprint density at radius 2 is 1.81 bits per heavy atom. The summed E-state index contributed by atoms with van der Waals surface area (Å²) in [6.45, 7) is 2.22. The first-order chi connectivity index (χ1) is 13.0. The van der Waals surface area contributed by atoms with Gasteiger partial charge in [-0.05, 0) is 31.4 Å². The van der Waals surface area contributed by atoms with Crippen LogP contribution >= 0.6 is 0 Å². The first-order valence-corrected chi connectivity index (χ1v) is 9.26. The maximum Gasteiger partial charge on any atom is 0.269 e. The first kappa shape index (κ1) is 19.2. The molecule has 0 aromatic heterocycles. The minimum absolute atomic E-state index is 0.00257. The first-order valence-electron chi connectivity index (χ1n) is 9.26. The van der Waals surface area contributed by atoms with Crippen LogP contribution in [0.25, 0.3) is 0 Å². The van der Waals surface area contributed by atoms with Crippen LogP contribution in [0, 0.1) is 10.1 Å². The molecule has 6 heteroatoms. The van der Waals surface area contributed by atoms with Crippen molar-refractivity contribution in [1.29, 1.82) is 0 Å². The highest BCUT2D eigenvalue weighted by atomic mass is 16.6. The van der Waals surface area contributed by atoms with Crippen LogP contribution in [0.15, 0.2) is 54.6 Å². The summed E-state index contributed by atoms with van der Waals surface area (Å²) in [4.78, 5) is 24.9. The van der Waals surface area contributed by atoms with E-state index >= 15 is 0 Å². The molecule has 1 heterocycles. The van der Waals surface area contributed by atoms with Gasteiger partial charge in [-0.25, -0.2) is 0 Å². The number of piperidine rings is 1. The van der Waals surface area contributed by atoms with E-state index in [2.05, 4.69) is 4.90 Å². The van der Waals surface area contributed by atoms with Gasteiger partial charge in [0.25, 0.3) is 5.69 Å². The largest absolute Gasteiger partial charge is 0.385 e. The van der Waals surface area contributed by atoms with Crippen LogP contribution in [-0.4, -0.2) is 40.3 Å². The second-order valence-corrected chi connectivity index (χ2v) is 7.07. The maximum absolute atomic E-state index is 12.1. The van der Waals surface area contributed by atoms with Crippen molar-refractivity contribution < 1.29 is 14.8 Å². The Morgan fingerprint density at radius 3 is 2.48 bits per heavy atom. The second-order valence-electron chi connectivity index (χ2n) is 7.07. The molecule has 0 amide bonds. The van der Waals surface area contributed by atoms with Crippen molar-refractivity contribution in [2.75, 3.05) is 19.6 Å². The van der Waals surface area contributed by atoms with Crippen molar-refractivity contribution in [2.24, 2.45) is 0 Å². The topological polar surface area (TPSA) is 83.7 Å². The monoisotopic (exact) mass is 368 g/mol. The third kappa shape index (κ3) is 4.78. The van der Waals surface area contributed by atoms with Crippen LogP contribution in [-0.2, 0) is 5.60 Å². The van der Waals surface area contributed by atoms with E-state index < -0.39 is 10.5 Å². The summed E-state index contributed by atoms with van der Waals surface area (Å²) in [5.41, 5.74) is 0.331. The smallest absolute Gasteiger partial charge is 0.269 e. The van der Waals surface area contributed by atoms with Crippen molar-refractivity contribution in [3.05, 3.63) is 75.8 Å². The lowest BCUT2D eigenvalue weighted by atomic mass is 9.84. The molecule has 0 radical (unpaired) electrons. The molecule has 0 unspecified atom stereocenters. The molecular weight excluding hydrogens is 344 g/mol. The van der Waals surface area contributed by atoms with E-state index in [9.17, 15) is 20.0 Å². The number of nitro benzene ring substituents is 1. The Bertz CT molecular complexity index is 799. The average Bonchev–Trinajstić information content (AvgIpc) is 2.70. The molecule has 27 heavy (non-hydrogen) atoms. The maximum atomic E-state index is 12.1. The molecule has 1 N–H and O–H groups in total. The third-order valence-corrected chi connectivity index (χ3v) is 5.25. The number of rotatable bonds is 7. The number of aliphatic hydroxyl groups is 1. The summed E-state index contributed by atoms with van der Waals surface area (Å²) in [7, 11) is 0. The lowest BCUT2D eigenvalue weighted by Gasteiger charge is -2.38. The van der Waals surface area contributed by atoms with Crippen LogP contribution < -0.4 is 0 Å². The zero-order valence-electron chi connectivity index (χ0n) is 15.2. The number of ketones is 1. The lowest BCUT2D eigenvalue weighted by Crippen LogP contribution is -2.43. The summed E-state index contributed by atoms with van der Waals surface area (Å²) in [6.07, 6.45) is 2.35. The van der Waals surface area contributed by atoms with E-state index in [1.165, 1.54) is 12.1 Å². The predicted molar refractivity (Wildman–Crippen MR) is 103 cm³/mol. The second kappa shape index (κ2) is 8.41. The molecule has 1 aliphatic rings. The summed E-state index contributed by atoms with van der Waals surface area (Å²) in [5, 5.41) is 21.9. The van der Waals surface area contributed by atoms with Gasteiger partial charge >= 0.3 is 0 Å². The van der Waals surface area contributed by atoms with E-state index in [-0.39, 0.29) is 11.5 Å². The highest BCUT2D eigenvalue weighted by molar-refractivity contribution is 5.95. The fraction of sp³-hybridized carbons (Fsp3) is 0.381. The minimum atomic E-state index is -1.03. The van der Waals surface area contributed by atoms with Gasteiger partial charge in [0.05, 0.1) is 10.5 Å². The number of hydrogen-bond acceptors (Lipinski definition) is 5. The molecule has 0 aliphatic carbocycles. The zero-order chi connectivity index (χ0) is 19.3. The van der Waals surface area contributed by atoms with Gasteiger partial charge in [-0.2, -0.15) is 0 Å². The standard InChI is InChI=1S/C21H24N2O4/c24-20(17-6-2-1-3-7-17)10-5-13-22-14-11-21(25,12-15-22)18-8-4-9-19(16-18)23(26)27/h1-4,6-9,16,25H,5,10-15H2. The number of carbonyl (C=O) groups is 1. The minimum Gasteiger partial charge on any atom is -0.385 e. The summed E-state index contributed by atoms with van der Waals surface area (Å²) in [6, 6.07) is 15.6. The van der Waals surface area contributed by atoms with E-state index in [0.29, 0.717) is 37.9 Å². The molecule has 1 aliphatic heterocycles. The Labute approximate surface area is 158 Å². The van der Waals surface area contributed by atoms with E-state index in [1.54, 1.807) is 12.1 Å². The normalized spacial score (nSPS) is 16.8. The average molecular weight is 368 g/mol. The number of likely N-dealkylation sites (tertiary alicyclic amines) is 1. The van der Waals surface area contributed by atoms with E-state index in [0.717, 1.165) is 18.5 Å². The van der Waals surface area contributed by atoms with Crippen LogP contribution in [0.2, 0.25) is 0 Å². The molecule has 142 valence electrons. The van der Waals surface area contributed by atoms with Crippen LogP contribution in [0.1, 0.15) is 41.6 Å². The number of nitro groups is 1. The third-order valence-electron chi connectivity index (χ3n) is 5.25. The molecule has 3 rings (SSSR count). The molecule has 0 spiro atoms. The van der Waals surface area contributed by atoms with Gasteiger partial charge in [0.15, 0.2) is 5.78 Å². The van der Waals surface area contributed by atoms with Gasteiger partial charge in [0.1, 0.15) is 0 Å². The van der Waals surface area contributed by atoms with Crippen molar-refractivity contribution in [3.63, 3.8) is 0 Å². The number of hydrogen-bond donors (Lipinski definition) is 1. The fourth-order valence-electron chi connectivity index (χ4n) is 3.58. The molecule has 1 fully saturated rings. The highest BCUT2D eigenvalue weighted by Gasteiger charge is 2.34. The number of non-ortho nitro benzene ring substituents is 1. The van der Waals surface area contributed by atoms with Gasteiger partial charge in [0, 0.05) is 37.2 Å². The van der Waals surface area contributed by atoms with Crippen molar-refractivity contribution in [1.82, 2.24) is 4.90 Å². The quantitative estimate of drug-likeness (QED) is 0.459. The van der Waals surface area contributed by atoms with Crippen LogP contribution in [0.3, 0.4) is 0 Å². The van der Waals surface area contributed by atoms with Gasteiger partial charge in [-0.3, -0.25) is 14.9 Å². The Kier molecular flexibility index (Phi) is 5.98. The number of benzene rings is 2. The van der Waals surface area contributed by atoms with Crippen LogP contribution in [0.4, 0.5) is 5.69 Å². The molecule has 1 saturated heterocycles. The Hall–Kier alpha value is -2.57. The lowest BCUT2D eigenvalue weighted by molar-refractivity contribution is -0.385. The Morgan fingerprint density at radius 1 is 1.11 bits per heavy atom. The summed E-state index contributed by atoms with van der Waals surface area (Å²) in [5.74, 6) is 0.153. The van der Waals surface area contributed by atoms with Crippen molar-refractivity contribution in [3.8, 4) is 0 Å². The molecule has 0 bridgehead atoms. The van der Waals surface area contributed by atoms with E-state index in [4.69, 9.17) is 0 Å². The van der Waals surface area contributed by atoms with Gasteiger partial charge in [-0.1, -0.05) is 42.5 Å². The van der Waals surface area contributed by atoms with Crippen molar-refractivity contribution >= 4 is 11.5 Å². The van der Waals surface area contributed by atoms with Gasteiger partial charge in [-0.15, -0.1) is 0 Å². The highest BCUT2D eigenvalue weighted by Crippen LogP contribution is 2.34. The van der Waals surface area contributed by atoms with E-state index in [1.807, 2.05) is 30.3 Å². The van der Waals surface area contributed by atoms with Gasteiger partial charge < -0.3 is 10.0 Å².